The van der Waals surface area contributed by atoms with Crippen LogP contribution in [-0.4, -0.2) is 12.1 Å². The average molecular weight is 144 g/mol. The predicted octanol–water partition coefficient (Wildman–Crippen LogP) is 1.53. The fraction of sp³-hybridized carbons (Fsp3) is 0.667. The zero-order valence-electron chi connectivity index (χ0n) is 3.56. The third-order valence-corrected chi connectivity index (χ3v) is 0.514. The van der Waals surface area contributed by atoms with Crippen molar-refractivity contribution in [3.63, 3.8) is 0 Å². The van der Waals surface area contributed by atoms with Crippen LogP contribution < -0.4 is 0 Å². The molecule has 0 atom stereocenters. The molecule has 0 rings (SSSR count). The Kier molecular flexibility index (Phi) is 6.96. The van der Waals surface area contributed by atoms with Crippen LogP contribution in [0.4, 0.5) is 0 Å². The fourth-order valence-corrected chi connectivity index (χ4v) is 0.202. The predicted molar refractivity (Wildman–Crippen MR) is 27.9 cm³/mol. The molecule has 1 radical (unpaired) electrons. The van der Waals surface area contributed by atoms with Gasteiger partial charge in [0.1, 0.15) is 12.1 Å². The Morgan fingerprint density at radius 1 is 1.14 bits per heavy atom. The molecule has 0 heterocycles. The molecule has 0 amide bonds. The Balaban J connectivity index is 2.45. The number of halogens is 2. The first kappa shape index (κ1) is 7.50. The molecule has 7 heavy (non-hydrogen) atoms. The zero-order chi connectivity index (χ0) is 5.54. The Labute approximate surface area is 52.3 Å². The summed E-state index contributed by atoms with van der Waals surface area (Å²) in [5, 5.41) is 0. The minimum atomic E-state index is 0.0941. The van der Waals surface area contributed by atoms with E-state index in [4.69, 9.17) is 23.2 Å². The minimum Gasteiger partial charge on any atom is -0.332 e. The lowest BCUT2D eigenvalue weighted by atomic mass is 11.4. The van der Waals surface area contributed by atoms with E-state index in [2.05, 4.69) is 9.47 Å². The van der Waals surface area contributed by atoms with Crippen molar-refractivity contribution in [3.05, 3.63) is 6.79 Å². The summed E-state index contributed by atoms with van der Waals surface area (Å²) in [4.78, 5) is 0. The van der Waals surface area contributed by atoms with E-state index in [9.17, 15) is 0 Å². The normalized spacial score (nSPS) is 9.43. The standard InChI is InChI=1S/C3H5Cl2O2/c4-1-6-3-7-2-5/h3H,1-2H2. The van der Waals surface area contributed by atoms with Crippen molar-refractivity contribution in [2.45, 2.75) is 0 Å². The lowest BCUT2D eigenvalue weighted by Crippen LogP contribution is -1.87. The van der Waals surface area contributed by atoms with E-state index in [1.54, 1.807) is 0 Å². The molecular weight excluding hydrogens is 139 g/mol. The van der Waals surface area contributed by atoms with E-state index in [1.165, 1.54) is 0 Å². The van der Waals surface area contributed by atoms with Gasteiger partial charge in [0.15, 0.2) is 0 Å². The summed E-state index contributed by atoms with van der Waals surface area (Å²) in [6.07, 6.45) is 0. The number of hydrogen-bond donors (Lipinski definition) is 0. The van der Waals surface area contributed by atoms with E-state index < -0.39 is 0 Å². The molecule has 0 aromatic heterocycles. The van der Waals surface area contributed by atoms with Crippen molar-refractivity contribution >= 4 is 23.2 Å². The van der Waals surface area contributed by atoms with Gasteiger partial charge in [-0.1, -0.05) is 23.2 Å². The third-order valence-electron chi connectivity index (χ3n) is 0.262. The van der Waals surface area contributed by atoms with Crippen molar-refractivity contribution in [2.75, 3.05) is 12.1 Å². The molecule has 0 aliphatic heterocycles. The fourth-order valence-electron chi connectivity index (χ4n) is 0.0995. The van der Waals surface area contributed by atoms with Gasteiger partial charge in [0.2, 0.25) is 6.79 Å². The van der Waals surface area contributed by atoms with Crippen molar-refractivity contribution < 1.29 is 9.47 Å². The molecule has 0 saturated heterocycles. The Bertz CT molecular complexity index is 30.1. The van der Waals surface area contributed by atoms with E-state index in [0.29, 0.717) is 0 Å². The van der Waals surface area contributed by atoms with Crippen molar-refractivity contribution in [2.24, 2.45) is 0 Å². The summed E-state index contributed by atoms with van der Waals surface area (Å²) < 4.78 is 8.82. The van der Waals surface area contributed by atoms with Crippen LogP contribution in [0.1, 0.15) is 0 Å². The highest BCUT2D eigenvalue weighted by molar-refractivity contribution is 6.17. The number of ether oxygens (including phenoxy) is 2. The number of rotatable bonds is 4. The van der Waals surface area contributed by atoms with E-state index in [0.717, 1.165) is 6.79 Å². The first-order valence-electron chi connectivity index (χ1n) is 1.58. The molecule has 0 fully saturated rings. The second kappa shape index (κ2) is 6.50. The van der Waals surface area contributed by atoms with Crippen LogP contribution >= 0.6 is 23.2 Å². The minimum absolute atomic E-state index is 0.0941. The molecule has 0 aliphatic rings. The largest absolute Gasteiger partial charge is 0.332 e. The summed E-state index contributed by atoms with van der Waals surface area (Å²) in [5.41, 5.74) is 0. The lowest BCUT2D eigenvalue weighted by molar-refractivity contribution is 0.0607. The lowest BCUT2D eigenvalue weighted by Gasteiger charge is -1.93. The maximum Gasteiger partial charge on any atom is 0.211 e. The summed E-state index contributed by atoms with van der Waals surface area (Å²) >= 11 is 10.1. The molecule has 4 heteroatoms. The first-order chi connectivity index (χ1) is 3.41. The highest BCUT2D eigenvalue weighted by Gasteiger charge is 1.80. The van der Waals surface area contributed by atoms with Gasteiger partial charge in [0, 0.05) is 0 Å². The van der Waals surface area contributed by atoms with Gasteiger partial charge >= 0.3 is 0 Å². The van der Waals surface area contributed by atoms with E-state index >= 15 is 0 Å². The van der Waals surface area contributed by atoms with Gasteiger partial charge in [-0.2, -0.15) is 0 Å². The smallest absolute Gasteiger partial charge is 0.211 e. The molecule has 0 spiro atoms. The molecule has 0 unspecified atom stereocenters. The molecule has 0 aromatic carbocycles. The van der Waals surface area contributed by atoms with Gasteiger partial charge in [0.05, 0.1) is 0 Å². The maximum absolute atomic E-state index is 5.06. The Morgan fingerprint density at radius 3 is 1.86 bits per heavy atom. The van der Waals surface area contributed by atoms with E-state index in [1.807, 2.05) is 0 Å². The van der Waals surface area contributed by atoms with Crippen LogP contribution in [0.5, 0.6) is 0 Å². The third kappa shape index (κ3) is 6.50. The average Bonchev–Trinajstić information content (AvgIpc) is 1.69. The molecular formula is C3H5Cl2O2. The maximum atomic E-state index is 5.06. The van der Waals surface area contributed by atoms with Crippen LogP contribution in [0, 0.1) is 6.79 Å². The van der Waals surface area contributed by atoms with Crippen LogP contribution in [0.2, 0.25) is 0 Å². The molecule has 2 nitrogen and oxygen atoms in total. The molecule has 0 aromatic rings. The van der Waals surface area contributed by atoms with Crippen LogP contribution in [-0.2, 0) is 9.47 Å². The summed E-state index contributed by atoms with van der Waals surface area (Å²) in [7, 11) is 0. The van der Waals surface area contributed by atoms with Gasteiger partial charge in [-0.3, -0.25) is 0 Å². The quantitative estimate of drug-likeness (QED) is 0.440. The zero-order valence-corrected chi connectivity index (χ0v) is 5.08. The van der Waals surface area contributed by atoms with Crippen LogP contribution in [0.15, 0.2) is 0 Å². The topological polar surface area (TPSA) is 18.5 Å². The van der Waals surface area contributed by atoms with Gasteiger partial charge in [0.25, 0.3) is 0 Å². The first-order valence-corrected chi connectivity index (χ1v) is 2.65. The summed E-state index contributed by atoms with van der Waals surface area (Å²) in [6, 6.07) is 0.188. The number of hydrogen-bond acceptors (Lipinski definition) is 2. The highest BCUT2D eigenvalue weighted by atomic mass is 35.5. The van der Waals surface area contributed by atoms with Crippen LogP contribution in [0.3, 0.4) is 0 Å². The van der Waals surface area contributed by atoms with Gasteiger partial charge in [-0.25, -0.2) is 0 Å². The van der Waals surface area contributed by atoms with Gasteiger partial charge in [-0.15, -0.1) is 0 Å². The van der Waals surface area contributed by atoms with Crippen molar-refractivity contribution in [1.82, 2.24) is 0 Å². The number of alkyl halides is 2. The van der Waals surface area contributed by atoms with Crippen molar-refractivity contribution in [1.29, 1.82) is 0 Å². The van der Waals surface area contributed by atoms with Gasteiger partial charge < -0.3 is 9.47 Å². The highest BCUT2D eigenvalue weighted by Crippen LogP contribution is 1.87. The van der Waals surface area contributed by atoms with Crippen molar-refractivity contribution in [3.8, 4) is 0 Å². The SMILES string of the molecule is ClCO[CH]OCCl. The van der Waals surface area contributed by atoms with Gasteiger partial charge in [-0.05, 0) is 0 Å². The van der Waals surface area contributed by atoms with E-state index in [-0.39, 0.29) is 12.1 Å². The molecule has 0 N–H and O–H groups in total. The Hall–Kier alpha value is 0.500. The molecule has 0 aliphatic carbocycles. The summed E-state index contributed by atoms with van der Waals surface area (Å²) in [6.45, 7) is 1.10. The van der Waals surface area contributed by atoms with Crippen LogP contribution in [0.25, 0.3) is 0 Å². The monoisotopic (exact) mass is 143 g/mol. The molecule has 0 bridgehead atoms. The summed E-state index contributed by atoms with van der Waals surface area (Å²) in [5.74, 6) is 0. The molecule has 0 saturated carbocycles. The second-order valence-corrected chi connectivity index (χ2v) is 1.08. The Morgan fingerprint density at radius 2 is 1.57 bits per heavy atom. The molecule has 43 valence electrons. The second-order valence-electron chi connectivity index (χ2n) is 0.648.